The second kappa shape index (κ2) is 9.95. The summed E-state index contributed by atoms with van der Waals surface area (Å²) in [6, 6.07) is 7.12. The van der Waals surface area contributed by atoms with Crippen molar-refractivity contribution in [1.82, 2.24) is 19.8 Å². The van der Waals surface area contributed by atoms with Gasteiger partial charge in [-0.15, -0.1) is 0 Å². The minimum absolute atomic E-state index is 0.160. The first-order valence-electron chi connectivity index (χ1n) is 11.7. The molecule has 0 spiro atoms. The number of aromatic nitrogens is 2. The van der Waals surface area contributed by atoms with Crippen molar-refractivity contribution >= 4 is 40.1 Å². The number of hydrogen-bond donors (Lipinski definition) is 3. The molecule has 0 radical (unpaired) electrons. The van der Waals surface area contributed by atoms with Crippen LogP contribution in [0.4, 0.5) is 0 Å². The van der Waals surface area contributed by atoms with Crippen molar-refractivity contribution in [1.29, 1.82) is 0 Å². The highest BCUT2D eigenvalue weighted by molar-refractivity contribution is 7.88. The molecule has 3 amide bonds. The summed E-state index contributed by atoms with van der Waals surface area (Å²) < 4.78 is 13.4. The van der Waals surface area contributed by atoms with Crippen LogP contribution >= 0.6 is 11.6 Å². The SMILES string of the molecule is CC(C)(C(O)CC(N)=O)S(=O)C1(CN2CCn3c(cnc3C(=O)NCc3ccc(Cl)cc3)C2=O)CC1. The molecule has 1 saturated carbocycles. The van der Waals surface area contributed by atoms with Crippen molar-refractivity contribution in [2.75, 3.05) is 13.1 Å². The van der Waals surface area contributed by atoms with Gasteiger partial charge in [0, 0.05) is 42.0 Å². The Bertz CT molecular complexity index is 1210. The van der Waals surface area contributed by atoms with Gasteiger partial charge in [-0.05, 0) is 44.4 Å². The van der Waals surface area contributed by atoms with Crippen molar-refractivity contribution < 1.29 is 23.7 Å². The van der Waals surface area contributed by atoms with Crippen molar-refractivity contribution in [3.8, 4) is 0 Å². The lowest BCUT2D eigenvalue weighted by Crippen LogP contribution is -2.52. The number of carbonyl (C=O) groups is 3. The molecule has 12 heteroatoms. The number of aliphatic hydroxyl groups excluding tert-OH is 1. The first-order valence-corrected chi connectivity index (χ1v) is 13.2. The minimum Gasteiger partial charge on any atom is -0.391 e. The predicted octanol–water partition coefficient (Wildman–Crippen LogP) is 1.22. The predicted molar refractivity (Wildman–Crippen MR) is 135 cm³/mol. The molecule has 194 valence electrons. The van der Waals surface area contributed by atoms with Crippen LogP contribution in [0.3, 0.4) is 0 Å². The quantitative estimate of drug-likeness (QED) is 0.416. The highest BCUT2D eigenvalue weighted by atomic mass is 35.5. The molecule has 1 fully saturated rings. The molecule has 0 saturated heterocycles. The number of nitrogens with two attached hydrogens (primary N) is 1. The maximum Gasteiger partial charge on any atom is 0.287 e. The maximum atomic E-state index is 13.5. The molecule has 36 heavy (non-hydrogen) atoms. The topological polar surface area (TPSA) is 148 Å². The number of hydrogen-bond acceptors (Lipinski definition) is 6. The van der Waals surface area contributed by atoms with E-state index in [0.717, 1.165) is 5.56 Å². The molecular weight excluding hydrogens is 506 g/mol. The average molecular weight is 536 g/mol. The van der Waals surface area contributed by atoms with E-state index in [9.17, 15) is 23.7 Å². The van der Waals surface area contributed by atoms with Gasteiger partial charge in [-0.25, -0.2) is 4.98 Å². The van der Waals surface area contributed by atoms with E-state index in [4.69, 9.17) is 17.3 Å². The second-order valence-corrected chi connectivity index (χ2v) is 12.8. The Hall–Kier alpha value is -2.76. The molecule has 1 aliphatic heterocycles. The van der Waals surface area contributed by atoms with Crippen LogP contribution in [-0.4, -0.2) is 70.2 Å². The summed E-state index contributed by atoms with van der Waals surface area (Å²) >= 11 is 5.89. The smallest absolute Gasteiger partial charge is 0.287 e. The third-order valence-electron chi connectivity index (χ3n) is 6.88. The summed E-state index contributed by atoms with van der Waals surface area (Å²) in [5.74, 6) is -1.18. The summed E-state index contributed by atoms with van der Waals surface area (Å²) in [5.41, 5.74) is 6.39. The van der Waals surface area contributed by atoms with Crippen LogP contribution in [0.15, 0.2) is 30.5 Å². The van der Waals surface area contributed by atoms with Crippen LogP contribution in [0.5, 0.6) is 0 Å². The highest BCUT2D eigenvalue weighted by Crippen LogP contribution is 2.47. The number of nitrogens with one attached hydrogen (secondary N) is 1. The molecule has 4 rings (SSSR count). The van der Waals surface area contributed by atoms with Crippen molar-refractivity contribution in [2.24, 2.45) is 5.73 Å². The minimum atomic E-state index is -1.52. The van der Waals surface area contributed by atoms with Crippen LogP contribution < -0.4 is 11.1 Å². The number of halogens is 1. The maximum absolute atomic E-state index is 13.5. The lowest BCUT2D eigenvalue weighted by Gasteiger charge is -2.36. The summed E-state index contributed by atoms with van der Waals surface area (Å²) in [4.78, 5) is 43.1. The lowest BCUT2D eigenvalue weighted by molar-refractivity contribution is -0.120. The summed E-state index contributed by atoms with van der Waals surface area (Å²) in [7, 11) is -1.52. The Labute approximate surface area is 216 Å². The van der Waals surface area contributed by atoms with Gasteiger partial charge in [0.15, 0.2) is 5.82 Å². The van der Waals surface area contributed by atoms with Crippen molar-refractivity contribution in [3.63, 3.8) is 0 Å². The Kier molecular flexibility index (Phi) is 7.27. The van der Waals surface area contributed by atoms with Gasteiger partial charge in [0.1, 0.15) is 5.69 Å². The molecule has 4 N–H and O–H groups in total. The first kappa shape index (κ1) is 26.3. The van der Waals surface area contributed by atoms with Crippen LogP contribution in [0.25, 0.3) is 0 Å². The van der Waals surface area contributed by atoms with Gasteiger partial charge in [-0.3, -0.25) is 18.6 Å². The largest absolute Gasteiger partial charge is 0.391 e. The molecule has 1 aliphatic carbocycles. The number of aliphatic hydroxyl groups is 1. The van der Waals surface area contributed by atoms with E-state index >= 15 is 0 Å². The summed E-state index contributed by atoms with van der Waals surface area (Å²) in [6.07, 6.45) is 1.25. The van der Waals surface area contributed by atoms with E-state index in [1.807, 2.05) is 12.1 Å². The van der Waals surface area contributed by atoms with Gasteiger partial charge in [0.2, 0.25) is 5.91 Å². The van der Waals surface area contributed by atoms with E-state index in [-0.39, 0.29) is 30.6 Å². The lowest BCUT2D eigenvalue weighted by atomic mass is 10.0. The summed E-state index contributed by atoms with van der Waals surface area (Å²) in [6.45, 7) is 4.57. The number of fused-ring (bicyclic) bond motifs is 1. The molecule has 2 aromatic rings. The number of imidazole rings is 1. The zero-order valence-corrected chi connectivity index (χ0v) is 21.8. The monoisotopic (exact) mass is 535 g/mol. The number of carbonyl (C=O) groups excluding carboxylic acids is 3. The fourth-order valence-corrected chi connectivity index (χ4v) is 6.78. The summed E-state index contributed by atoms with van der Waals surface area (Å²) in [5, 5.41) is 13.9. The van der Waals surface area contributed by atoms with Gasteiger partial charge in [0.05, 0.1) is 28.2 Å². The fourth-order valence-electron chi connectivity index (χ4n) is 4.46. The molecule has 2 aliphatic rings. The zero-order chi connectivity index (χ0) is 26.3. The van der Waals surface area contributed by atoms with Gasteiger partial charge in [0.25, 0.3) is 11.8 Å². The average Bonchev–Trinajstić information content (AvgIpc) is 3.48. The van der Waals surface area contributed by atoms with E-state index in [0.29, 0.717) is 43.2 Å². The number of benzene rings is 1. The molecule has 2 unspecified atom stereocenters. The molecule has 0 bridgehead atoms. The normalized spacial score (nSPS) is 18.3. The Morgan fingerprint density at radius 1 is 1.28 bits per heavy atom. The van der Waals surface area contributed by atoms with Gasteiger partial charge in [-0.1, -0.05) is 23.7 Å². The number of nitrogens with zero attached hydrogens (tertiary/aromatic N) is 3. The number of rotatable bonds is 10. The zero-order valence-electron chi connectivity index (χ0n) is 20.2. The van der Waals surface area contributed by atoms with Crippen molar-refractivity contribution in [3.05, 3.63) is 52.6 Å². The molecule has 2 heterocycles. The third kappa shape index (κ3) is 5.18. The standard InChI is InChI=1S/C24H30ClN5O5S/c1-23(2,18(31)11-19(26)32)36(35)24(7-8-24)14-29-9-10-30-17(22(29)34)13-27-20(30)21(33)28-12-15-3-5-16(25)6-4-15/h3-6,13,18,31H,7-12,14H2,1-2H3,(H2,26,32)(H,28,33). The second-order valence-electron chi connectivity index (χ2n) is 9.90. The molecule has 1 aromatic carbocycles. The van der Waals surface area contributed by atoms with Crippen LogP contribution in [0.1, 0.15) is 59.8 Å². The number of primary amides is 1. The fraction of sp³-hybridized carbons (Fsp3) is 0.500. The van der Waals surface area contributed by atoms with Gasteiger partial charge < -0.3 is 25.6 Å². The molecular formula is C24H30ClN5O5S. The van der Waals surface area contributed by atoms with Crippen LogP contribution in [0, 0.1) is 0 Å². The first-order chi connectivity index (χ1) is 16.9. The number of amides is 3. The molecule has 10 nitrogen and oxygen atoms in total. The van der Waals surface area contributed by atoms with Crippen LogP contribution in [-0.2, 0) is 28.7 Å². The van der Waals surface area contributed by atoms with E-state index < -0.39 is 32.3 Å². The van der Waals surface area contributed by atoms with Gasteiger partial charge in [-0.2, -0.15) is 0 Å². The third-order valence-corrected chi connectivity index (χ3v) is 9.68. The van der Waals surface area contributed by atoms with Crippen molar-refractivity contribution in [2.45, 2.75) is 61.8 Å². The van der Waals surface area contributed by atoms with Crippen LogP contribution in [0.2, 0.25) is 5.02 Å². The Morgan fingerprint density at radius 3 is 2.56 bits per heavy atom. The highest BCUT2D eigenvalue weighted by Gasteiger charge is 2.56. The van der Waals surface area contributed by atoms with Gasteiger partial charge >= 0.3 is 0 Å². The molecule has 2 atom stereocenters. The molecule has 1 aromatic heterocycles. The Morgan fingerprint density at radius 2 is 1.94 bits per heavy atom. The van der Waals surface area contributed by atoms with E-state index in [2.05, 4.69) is 10.3 Å². The van der Waals surface area contributed by atoms with E-state index in [1.54, 1.807) is 35.4 Å². The Balaban J connectivity index is 1.42. The van der Waals surface area contributed by atoms with E-state index in [1.165, 1.54) is 6.20 Å².